The van der Waals surface area contributed by atoms with Crippen molar-refractivity contribution in [1.82, 2.24) is 4.98 Å². The maximum absolute atomic E-state index is 12.9. The second-order valence-corrected chi connectivity index (χ2v) is 6.74. The third kappa shape index (κ3) is 4.25. The monoisotopic (exact) mass is 408 g/mol. The molecule has 3 aromatic rings. The number of H-pyrrole nitrogens is 1. The van der Waals surface area contributed by atoms with E-state index < -0.39 is 28.9 Å². The molecule has 1 amide bonds. The van der Waals surface area contributed by atoms with Crippen molar-refractivity contribution in [2.45, 2.75) is 13.1 Å². The molecule has 0 bridgehead atoms. The van der Waals surface area contributed by atoms with E-state index in [4.69, 9.17) is 4.74 Å². The van der Waals surface area contributed by atoms with Crippen molar-refractivity contribution in [1.29, 1.82) is 0 Å². The molecule has 0 saturated heterocycles. The minimum Gasteiger partial charge on any atom is -0.492 e. The fourth-order valence-electron chi connectivity index (χ4n) is 2.46. The van der Waals surface area contributed by atoms with Crippen LogP contribution in [0.5, 0.6) is 5.75 Å². The van der Waals surface area contributed by atoms with E-state index in [9.17, 15) is 22.8 Å². The molecule has 0 atom stereocenters. The summed E-state index contributed by atoms with van der Waals surface area (Å²) in [6, 6.07) is 11.6. The fourth-order valence-corrected chi connectivity index (χ4v) is 3.46. The Bertz CT molecular complexity index is 1040. The normalized spacial score (nSPS) is 11.3. The Morgan fingerprint density at radius 2 is 1.93 bits per heavy atom. The Hall–Kier alpha value is -3.07. The van der Waals surface area contributed by atoms with Crippen LogP contribution in [0.25, 0.3) is 10.4 Å². The highest BCUT2D eigenvalue weighted by molar-refractivity contribution is 7.17. The number of benzene rings is 1. The van der Waals surface area contributed by atoms with Gasteiger partial charge in [0.25, 0.3) is 11.5 Å². The number of aromatic nitrogens is 1. The lowest BCUT2D eigenvalue weighted by atomic mass is 10.2. The van der Waals surface area contributed by atoms with E-state index in [-0.39, 0.29) is 4.88 Å². The van der Waals surface area contributed by atoms with E-state index in [1.165, 1.54) is 0 Å². The predicted molar refractivity (Wildman–Crippen MR) is 101 cm³/mol. The van der Waals surface area contributed by atoms with Gasteiger partial charge in [-0.3, -0.25) is 9.59 Å². The zero-order chi connectivity index (χ0) is 20.3. The molecule has 0 aliphatic carbocycles. The number of nitrogens with one attached hydrogen (secondary N) is 2. The number of amides is 1. The van der Waals surface area contributed by atoms with E-state index in [2.05, 4.69) is 5.32 Å². The van der Waals surface area contributed by atoms with Crippen LogP contribution in [0.2, 0.25) is 0 Å². The summed E-state index contributed by atoms with van der Waals surface area (Å²) in [6.07, 6.45) is -4.09. The maximum atomic E-state index is 12.9. The maximum Gasteiger partial charge on any atom is 0.417 e. The molecule has 0 radical (unpaired) electrons. The van der Waals surface area contributed by atoms with Gasteiger partial charge in [0, 0.05) is 11.1 Å². The van der Waals surface area contributed by atoms with Crippen LogP contribution >= 0.6 is 11.3 Å². The van der Waals surface area contributed by atoms with Gasteiger partial charge < -0.3 is 15.0 Å². The molecule has 2 heterocycles. The minimum atomic E-state index is -4.65. The van der Waals surface area contributed by atoms with E-state index in [0.29, 0.717) is 24.6 Å². The molecule has 0 spiro atoms. The zero-order valence-electron chi connectivity index (χ0n) is 14.6. The van der Waals surface area contributed by atoms with Gasteiger partial charge in [0.05, 0.1) is 12.2 Å². The van der Waals surface area contributed by atoms with Gasteiger partial charge in [-0.25, -0.2) is 0 Å². The molecule has 2 aromatic heterocycles. The first-order valence-corrected chi connectivity index (χ1v) is 9.04. The molecule has 2 N–H and O–H groups in total. The Morgan fingerprint density at radius 3 is 2.57 bits per heavy atom. The summed E-state index contributed by atoms with van der Waals surface area (Å²) in [7, 11) is 0. The predicted octanol–water partition coefficient (Wildman–Crippen LogP) is 4.77. The van der Waals surface area contributed by atoms with Crippen LogP contribution < -0.4 is 15.6 Å². The molecule has 5 nitrogen and oxygen atoms in total. The van der Waals surface area contributed by atoms with E-state index in [1.54, 1.807) is 13.0 Å². The summed E-state index contributed by atoms with van der Waals surface area (Å²) in [5.41, 5.74) is -1.52. The molecule has 0 aliphatic rings. The number of halogens is 3. The highest BCUT2D eigenvalue weighted by atomic mass is 32.1. The van der Waals surface area contributed by atoms with Crippen molar-refractivity contribution in [3.63, 3.8) is 0 Å². The quantitative estimate of drug-likeness (QED) is 0.639. The molecule has 0 aliphatic heterocycles. The van der Waals surface area contributed by atoms with Crippen molar-refractivity contribution in [2.75, 3.05) is 11.9 Å². The Kier molecular flexibility index (Phi) is 5.55. The summed E-state index contributed by atoms with van der Waals surface area (Å²) < 4.78 is 44.1. The van der Waals surface area contributed by atoms with Gasteiger partial charge >= 0.3 is 6.18 Å². The average Bonchev–Trinajstić information content (AvgIpc) is 3.08. The van der Waals surface area contributed by atoms with Gasteiger partial charge in [-0.2, -0.15) is 13.2 Å². The summed E-state index contributed by atoms with van der Waals surface area (Å²) >= 11 is 1.12. The molecule has 0 fully saturated rings. The van der Waals surface area contributed by atoms with Crippen molar-refractivity contribution in [2.24, 2.45) is 0 Å². The molecular weight excluding hydrogens is 393 g/mol. The molecule has 28 heavy (non-hydrogen) atoms. The van der Waals surface area contributed by atoms with E-state index in [0.717, 1.165) is 21.8 Å². The molecule has 146 valence electrons. The summed E-state index contributed by atoms with van der Waals surface area (Å²) in [5.74, 6) is -0.423. The third-order valence-corrected chi connectivity index (χ3v) is 4.91. The number of rotatable bonds is 5. The highest BCUT2D eigenvalue weighted by Crippen LogP contribution is 2.37. The van der Waals surface area contributed by atoms with Gasteiger partial charge in [-0.1, -0.05) is 30.3 Å². The lowest BCUT2D eigenvalue weighted by Gasteiger charge is -2.09. The number of hydrogen-bond acceptors (Lipinski definition) is 4. The highest BCUT2D eigenvalue weighted by Gasteiger charge is 2.31. The second kappa shape index (κ2) is 7.89. The number of alkyl halides is 3. The molecular formula is C19H15F3N2O3S. The van der Waals surface area contributed by atoms with Gasteiger partial charge in [0.2, 0.25) is 0 Å². The number of aromatic amines is 1. The average molecular weight is 408 g/mol. The SMILES string of the molecule is CCOc1cc(-c2ccccc2)sc1C(=O)Nc1cc(C(F)(F)F)c[nH]c1=O. The molecule has 3 rings (SSSR count). The first kappa shape index (κ1) is 19.7. The summed E-state index contributed by atoms with van der Waals surface area (Å²) in [6.45, 7) is 2.05. The second-order valence-electron chi connectivity index (χ2n) is 5.69. The van der Waals surface area contributed by atoms with Gasteiger partial charge in [0.15, 0.2) is 0 Å². The van der Waals surface area contributed by atoms with Crippen LogP contribution in [-0.2, 0) is 6.18 Å². The Labute approximate surface area is 161 Å². The molecule has 1 aromatic carbocycles. The van der Waals surface area contributed by atoms with Crippen molar-refractivity contribution >= 4 is 22.9 Å². The minimum absolute atomic E-state index is 0.164. The van der Waals surface area contributed by atoms with Crippen LogP contribution in [-0.4, -0.2) is 17.5 Å². The van der Waals surface area contributed by atoms with Crippen LogP contribution in [0.3, 0.4) is 0 Å². The number of carbonyl (C=O) groups is 1. The van der Waals surface area contributed by atoms with Crippen LogP contribution in [0.1, 0.15) is 22.2 Å². The smallest absolute Gasteiger partial charge is 0.417 e. The zero-order valence-corrected chi connectivity index (χ0v) is 15.4. The van der Waals surface area contributed by atoms with Crippen LogP contribution in [0.15, 0.2) is 53.5 Å². The summed E-state index contributed by atoms with van der Waals surface area (Å²) in [5, 5.41) is 2.25. The van der Waals surface area contributed by atoms with Crippen molar-refractivity contribution < 1.29 is 22.7 Å². The van der Waals surface area contributed by atoms with Gasteiger partial charge in [-0.15, -0.1) is 11.3 Å². The summed E-state index contributed by atoms with van der Waals surface area (Å²) in [4.78, 5) is 27.4. The first-order valence-electron chi connectivity index (χ1n) is 8.23. The number of hydrogen-bond donors (Lipinski definition) is 2. The Balaban J connectivity index is 1.95. The first-order chi connectivity index (χ1) is 13.3. The van der Waals surface area contributed by atoms with Crippen molar-refractivity contribution in [3.8, 4) is 16.2 Å². The Morgan fingerprint density at radius 1 is 1.21 bits per heavy atom. The lowest BCUT2D eigenvalue weighted by Crippen LogP contribution is -2.21. The standard InChI is InChI=1S/C19H15F3N2O3S/c1-2-27-14-9-15(11-6-4-3-5-7-11)28-16(14)18(26)24-13-8-12(19(20,21)22)10-23-17(13)25/h3-10H,2H2,1H3,(H,23,25)(H,24,26). The third-order valence-electron chi connectivity index (χ3n) is 3.74. The number of carbonyl (C=O) groups excluding carboxylic acids is 1. The van der Waals surface area contributed by atoms with Crippen LogP contribution in [0.4, 0.5) is 18.9 Å². The van der Waals surface area contributed by atoms with Crippen LogP contribution in [0, 0.1) is 0 Å². The molecule has 0 saturated carbocycles. The number of ether oxygens (including phenoxy) is 1. The van der Waals surface area contributed by atoms with Gasteiger partial charge in [0.1, 0.15) is 16.3 Å². The van der Waals surface area contributed by atoms with Gasteiger partial charge in [-0.05, 0) is 24.6 Å². The lowest BCUT2D eigenvalue weighted by molar-refractivity contribution is -0.137. The number of pyridine rings is 1. The number of anilines is 1. The fraction of sp³-hybridized carbons (Fsp3) is 0.158. The number of thiophene rings is 1. The van der Waals surface area contributed by atoms with Crippen molar-refractivity contribution in [3.05, 3.63) is 69.5 Å². The van der Waals surface area contributed by atoms with E-state index >= 15 is 0 Å². The largest absolute Gasteiger partial charge is 0.492 e. The molecule has 0 unspecified atom stereocenters. The van der Waals surface area contributed by atoms with E-state index in [1.807, 2.05) is 35.3 Å². The topological polar surface area (TPSA) is 71.2 Å². The molecule has 9 heteroatoms.